The fourth-order valence-corrected chi connectivity index (χ4v) is 4.86. The molecule has 2 heterocycles. The third kappa shape index (κ3) is 4.12. The van der Waals surface area contributed by atoms with E-state index in [1.54, 1.807) is 17.6 Å². The molecule has 2 aromatic heterocycles. The summed E-state index contributed by atoms with van der Waals surface area (Å²) in [7, 11) is 0. The highest BCUT2D eigenvalue weighted by Gasteiger charge is 2.16. The number of aryl methyl sites for hydroxylation is 1. The van der Waals surface area contributed by atoms with Crippen LogP contribution in [0.3, 0.4) is 0 Å². The van der Waals surface area contributed by atoms with E-state index in [1.807, 2.05) is 6.07 Å². The lowest BCUT2D eigenvalue weighted by Gasteiger charge is -2.11. The average molecular weight is 445 g/mol. The second-order valence-corrected chi connectivity index (χ2v) is 8.32. The zero-order chi connectivity index (χ0) is 22.7. The number of fused-ring (bicyclic) bond motifs is 3. The van der Waals surface area contributed by atoms with E-state index in [9.17, 15) is 4.79 Å². The predicted octanol–water partition coefficient (Wildman–Crippen LogP) is 7.49. The van der Waals surface area contributed by atoms with Crippen LogP contribution in [0.25, 0.3) is 32.2 Å². The van der Waals surface area contributed by atoms with Crippen molar-refractivity contribution in [3.8, 4) is 11.1 Å². The van der Waals surface area contributed by atoms with E-state index >= 15 is 0 Å². The Hall–Kier alpha value is -3.57. The van der Waals surface area contributed by atoms with Gasteiger partial charge in [-0.25, -0.2) is 0 Å². The van der Waals surface area contributed by atoms with Gasteiger partial charge in [-0.15, -0.1) is 11.3 Å². The number of carboxylic acid groups (broad SMARTS) is 1. The molecule has 0 radical (unpaired) electrons. The van der Waals surface area contributed by atoms with Crippen molar-refractivity contribution < 1.29 is 19.1 Å². The van der Waals surface area contributed by atoms with E-state index in [0.717, 1.165) is 44.2 Å². The van der Waals surface area contributed by atoms with Crippen molar-refractivity contribution in [2.45, 2.75) is 26.4 Å². The van der Waals surface area contributed by atoms with Crippen molar-refractivity contribution in [3.63, 3.8) is 0 Å². The lowest BCUT2D eigenvalue weighted by molar-refractivity contribution is -0.136. The Morgan fingerprint density at radius 3 is 2.75 bits per heavy atom. The molecule has 2 aromatic carbocycles. The van der Waals surface area contributed by atoms with Crippen molar-refractivity contribution in [3.05, 3.63) is 95.8 Å². The molecule has 0 aliphatic heterocycles. The number of benzene rings is 2. The van der Waals surface area contributed by atoms with E-state index in [-0.39, 0.29) is 6.42 Å². The number of hydrogen-bond acceptors (Lipinski definition) is 4. The standard InChI is InChI=1S/C27H24O4S/c1-4-17-8-7-9-19(12-17)22-14-23-20(16-32-27(23)26-21(22)10-11-30-26)15-31-24(6-3)18(5-2)13-25(28)29/h5-12,14,16H,2-4,13,15H2,1H3,(H,28,29)/b24-18-. The highest BCUT2D eigenvalue weighted by molar-refractivity contribution is 7.18. The number of carboxylic acids is 1. The van der Waals surface area contributed by atoms with E-state index < -0.39 is 5.97 Å². The summed E-state index contributed by atoms with van der Waals surface area (Å²) in [5, 5.41) is 13.3. The van der Waals surface area contributed by atoms with Gasteiger partial charge in [0.05, 0.1) is 17.4 Å². The molecule has 0 fully saturated rings. The average Bonchev–Trinajstić information content (AvgIpc) is 3.44. The summed E-state index contributed by atoms with van der Waals surface area (Å²) in [6.45, 7) is 9.91. The van der Waals surface area contributed by atoms with Crippen LogP contribution < -0.4 is 0 Å². The van der Waals surface area contributed by atoms with E-state index in [2.05, 4.69) is 55.8 Å². The zero-order valence-electron chi connectivity index (χ0n) is 17.9. The molecule has 0 atom stereocenters. The molecular formula is C27H24O4S. The number of hydrogen-bond donors (Lipinski definition) is 1. The molecule has 5 heteroatoms. The molecule has 0 saturated heterocycles. The molecule has 0 bridgehead atoms. The molecule has 0 aliphatic carbocycles. The van der Waals surface area contributed by atoms with Crippen LogP contribution in [0.15, 0.2) is 89.1 Å². The molecular weight excluding hydrogens is 420 g/mol. The van der Waals surface area contributed by atoms with Gasteiger partial charge in [0, 0.05) is 21.9 Å². The van der Waals surface area contributed by atoms with Crippen LogP contribution in [0.5, 0.6) is 0 Å². The molecule has 4 nitrogen and oxygen atoms in total. The van der Waals surface area contributed by atoms with Crippen LogP contribution in [0.4, 0.5) is 0 Å². The zero-order valence-corrected chi connectivity index (χ0v) is 18.7. The largest absolute Gasteiger partial charge is 0.489 e. The van der Waals surface area contributed by atoms with Gasteiger partial charge in [0.1, 0.15) is 12.4 Å². The smallest absolute Gasteiger partial charge is 0.307 e. The van der Waals surface area contributed by atoms with E-state index in [0.29, 0.717) is 17.9 Å². The lowest BCUT2D eigenvalue weighted by Crippen LogP contribution is -2.01. The van der Waals surface area contributed by atoms with Crippen LogP contribution >= 0.6 is 11.3 Å². The number of carbonyl (C=O) groups is 1. The van der Waals surface area contributed by atoms with Crippen molar-refractivity contribution in [2.75, 3.05) is 0 Å². The normalized spacial score (nSPS) is 12.0. The molecule has 0 saturated carbocycles. The molecule has 0 amide bonds. The highest BCUT2D eigenvalue weighted by atomic mass is 32.1. The summed E-state index contributed by atoms with van der Waals surface area (Å²) in [5.74, 6) is -0.514. The predicted molar refractivity (Wildman–Crippen MR) is 131 cm³/mol. The maximum Gasteiger partial charge on any atom is 0.307 e. The van der Waals surface area contributed by atoms with Gasteiger partial charge in [0.25, 0.3) is 0 Å². The quantitative estimate of drug-likeness (QED) is 0.214. The van der Waals surface area contributed by atoms with Crippen LogP contribution in [-0.4, -0.2) is 11.1 Å². The minimum atomic E-state index is -0.942. The van der Waals surface area contributed by atoms with Crippen LogP contribution in [-0.2, 0) is 22.6 Å². The number of furan rings is 1. The van der Waals surface area contributed by atoms with Gasteiger partial charge >= 0.3 is 5.97 Å². The molecule has 0 spiro atoms. The molecule has 4 rings (SSSR count). The van der Waals surface area contributed by atoms with Gasteiger partial charge in [-0.05, 0) is 46.7 Å². The Balaban J connectivity index is 1.77. The first-order chi connectivity index (χ1) is 15.5. The summed E-state index contributed by atoms with van der Waals surface area (Å²) in [6, 6.07) is 12.8. The van der Waals surface area contributed by atoms with Gasteiger partial charge in [-0.3, -0.25) is 4.79 Å². The summed E-state index contributed by atoms with van der Waals surface area (Å²) in [4.78, 5) is 11.1. The molecule has 32 heavy (non-hydrogen) atoms. The second kappa shape index (κ2) is 9.28. The Labute approximate surface area is 190 Å². The number of thiophene rings is 1. The fraction of sp³-hybridized carbons (Fsp3) is 0.148. The lowest BCUT2D eigenvalue weighted by atomic mass is 9.97. The molecule has 4 aromatic rings. The van der Waals surface area contributed by atoms with Gasteiger partial charge < -0.3 is 14.3 Å². The summed E-state index contributed by atoms with van der Waals surface area (Å²) >= 11 is 1.61. The summed E-state index contributed by atoms with van der Waals surface area (Å²) in [6.07, 6.45) is 5.57. The third-order valence-electron chi connectivity index (χ3n) is 5.48. The van der Waals surface area contributed by atoms with Gasteiger partial charge in [-0.1, -0.05) is 50.4 Å². The van der Waals surface area contributed by atoms with Crippen molar-refractivity contribution in [1.82, 2.24) is 0 Å². The summed E-state index contributed by atoms with van der Waals surface area (Å²) in [5.41, 5.74) is 5.93. The van der Waals surface area contributed by atoms with Gasteiger partial charge in [0.15, 0.2) is 5.58 Å². The highest BCUT2D eigenvalue weighted by Crippen LogP contribution is 2.40. The fourth-order valence-electron chi connectivity index (χ4n) is 3.83. The van der Waals surface area contributed by atoms with E-state index in [4.69, 9.17) is 14.3 Å². The minimum absolute atomic E-state index is 0.166. The molecule has 0 unspecified atom stereocenters. The topological polar surface area (TPSA) is 59.7 Å². The second-order valence-electron chi connectivity index (χ2n) is 7.44. The SMILES string of the molecule is C=C/C(CC(=O)O)=C(\C=C)OCc1csc2c1cc(-c1cccc(CC)c1)c1ccoc12. The van der Waals surface area contributed by atoms with Crippen molar-refractivity contribution >= 4 is 38.4 Å². The monoisotopic (exact) mass is 444 g/mol. The first-order valence-electron chi connectivity index (χ1n) is 10.4. The number of rotatable bonds is 9. The Morgan fingerprint density at radius 2 is 2.03 bits per heavy atom. The first-order valence-corrected chi connectivity index (χ1v) is 11.3. The van der Waals surface area contributed by atoms with Crippen LogP contribution in [0.1, 0.15) is 24.5 Å². The minimum Gasteiger partial charge on any atom is -0.489 e. The van der Waals surface area contributed by atoms with E-state index in [1.165, 1.54) is 17.7 Å². The first kappa shape index (κ1) is 21.7. The number of ether oxygens (including phenoxy) is 1. The Bertz CT molecular complexity index is 1350. The third-order valence-corrected chi connectivity index (χ3v) is 6.52. The maximum absolute atomic E-state index is 11.1. The molecule has 1 N–H and O–H groups in total. The van der Waals surface area contributed by atoms with Gasteiger partial charge in [0.2, 0.25) is 0 Å². The summed E-state index contributed by atoms with van der Waals surface area (Å²) < 4.78 is 12.9. The number of allylic oxidation sites excluding steroid dienone is 2. The molecule has 0 aliphatic rings. The van der Waals surface area contributed by atoms with Crippen molar-refractivity contribution in [1.29, 1.82) is 0 Å². The van der Waals surface area contributed by atoms with Crippen molar-refractivity contribution in [2.24, 2.45) is 0 Å². The molecule has 162 valence electrons. The Kier molecular flexibility index (Phi) is 6.28. The number of aliphatic carboxylic acids is 1. The maximum atomic E-state index is 11.1. The van der Waals surface area contributed by atoms with Crippen LogP contribution in [0, 0.1) is 0 Å². The van der Waals surface area contributed by atoms with Gasteiger partial charge in [-0.2, -0.15) is 0 Å². The Morgan fingerprint density at radius 1 is 1.19 bits per heavy atom. The van der Waals surface area contributed by atoms with Crippen LogP contribution in [0.2, 0.25) is 0 Å².